The molecule has 0 aromatic heterocycles. The summed E-state index contributed by atoms with van der Waals surface area (Å²) in [6, 6.07) is 13.0. The molecule has 2 aromatic carbocycles. The Bertz CT molecular complexity index is 977. The van der Waals surface area contributed by atoms with Crippen LogP contribution in [-0.4, -0.2) is 20.9 Å². The predicted molar refractivity (Wildman–Crippen MR) is 112 cm³/mol. The zero-order chi connectivity index (χ0) is 19.7. The number of hydrogen-bond acceptors (Lipinski definition) is 3. The molecular formula is C22H26N2O3S. The van der Waals surface area contributed by atoms with Crippen molar-refractivity contribution in [3.63, 3.8) is 0 Å². The van der Waals surface area contributed by atoms with Crippen LogP contribution in [0.2, 0.25) is 0 Å². The second kappa shape index (κ2) is 7.59. The van der Waals surface area contributed by atoms with Crippen LogP contribution in [0.3, 0.4) is 0 Å². The van der Waals surface area contributed by atoms with Gasteiger partial charge in [0, 0.05) is 18.2 Å². The highest BCUT2D eigenvalue weighted by Gasteiger charge is 2.32. The van der Waals surface area contributed by atoms with Crippen LogP contribution in [0.1, 0.15) is 42.4 Å². The van der Waals surface area contributed by atoms with Gasteiger partial charge >= 0.3 is 0 Å². The minimum absolute atomic E-state index is 0.0743. The first-order valence-electron chi connectivity index (χ1n) is 9.92. The van der Waals surface area contributed by atoms with Crippen LogP contribution in [0.4, 0.5) is 11.4 Å². The molecule has 1 saturated carbocycles. The van der Waals surface area contributed by atoms with Crippen molar-refractivity contribution in [1.82, 2.24) is 0 Å². The molecular weight excluding hydrogens is 372 g/mol. The van der Waals surface area contributed by atoms with E-state index in [2.05, 4.69) is 4.72 Å². The monoisotopic (exact) mass is 398 g/mol. The predicted octanol–water partition coefficient (Wildman–Crippen LogP) is 4.02. The second-order valence-corrected chi connectivity index (χ2v) is 9.63. The van der Waals surface area contributed by atoms with Crippen LogP contribution in [0.25, 0.3) is 0 Å². The van der Waals surface area contributed by atoms with Crippen molar-refractivity contribution >= 4 is 27.3 Å². The van der Waals surface area contributed by atoms with E-state index in [0.29, 0.717) is 12.2 Å². The van der Waals surface area contributed by atoms with Gasteiger partial charge in [-0.05, 0) is 49.4 Å². The average molecular weight is 399 g/mol. The second-order valence-electron chi connectivity index (χ2n) is 7.91. The summed E-state index contributed by atoms with van der Waals surface area (Å²) in [6.45, 7) is 2.66. The molecule has 28 heavy (non-hydrogen) atoms. The third-order valence-electron chi connectivity index (χ3n) is 5.70. The minimum atomic E-state index is -3.52. The van der Waals surface area contributed by atoms with E-state index in [1.165, 1.54) is 0 Å². The standard InChI is InChI=1S/C22H26N2O3S/c1-16-6-8-17(9-7-16)15-28(26,27)23-20-11-10-18-12-13-24(21(18)14-20)22(25)19-4-2-3-5-19/h6-11,14,19,23H,2-5,12-13,15H2,1H3. The summed E-state index contributed by atoms with van der Waals surface area (Å²) in [5.74, 6) is 0.235. The van der Waals surface area contributed by atoms with E-state index in [4.69, 9.17) is 0 Å². The van der Waals surface area contributed by atoms with Crippen LogP contribution in [0.15, 0.2) is 42.5 Å². The lowest BCUT2D eigenvalue weighted by molar-refractivity contribution is -0.122. The molecule has 0 atom stereocenters. The molecule has 0 radical (unpaired) electrons. The highest BCUT2D eigenvalue weighted by atomic mass is 32.2. The van der Waals surface area contributed by atoms with Gasteiger partial charge in [0.25, 0.3) is 0 Å². The summed E-state index contributed by atoms with van der Waals surface area (Å²) < 4.78 is 27.8. The molecule has 1 N–H and O–H groups in total. The average Bonchev–Trinajstić information content (AvgIpc) is 3.32. The SMILES string of the molecule is Cc1ccc(CS(=O)(=O)Nc2ccc3c(c2)N(C(=O)C2CCCC2)CC3)cc1. The fourth-order valence-electron chi connectivity index (χ4n) is 4.18. The maximum absolute atomic E-state index is 12.9. The van der Waals surface area contributed by atoms with Gasteiger partial charge in [-0.2, -0.15) is 0 Å². The fraction of sp³-hybridized carbons (Fsp3) is 0.409. The number of anilines is 2. The van der Waals surface area contributed by atoms with E-state index in [1.54, 1.807) is 6.07 Å². The van der Waals surface area contributed by atoms with E-state index in [0.717, 1.165) is 54.5 Å². The van der Waals surface area contributed by atoms with Gasteiger partial charge < -0.3 is 4.90 Å². The van der Waals surface area contributed by atoms with E-state index < -0.39 is 10.0 Å². The number of nitrogens with one attached hydrogen (secondary N) is 1. The lowest BCUT2D eigenvalue weighted by atomic mass is 10.1. The summed E-state index contributed by atoms with van der Waals surface area (Å²) in [5.41, 5.74) is 4.31. The molecule has 2 aliphatic rings. The largest absolute Gasteiger partial charge is 0.312 e. The molecule has 4 rings (SSSR count). The van der Waals surface area contributed by atoms with Gasteiger partial charge in [0.05, 0.1) is 11.4 Å². The molecule has 1 amide bonds. The van der Waals surface area contributed by atoms with E-state index in [1.807, 2.05) is 48.2 Å². The molecule has 148 valence electrons. The van der Waals surface area contributed by atoms with E-state index in [9.17, 15) is 13.2 Å². The topological polar surface area (TPSA) is 66.5 Å². The van der Waals surface area contributed by atoms with E-state index in [-0.39, 0.29) is 17.6 Å². The number of carbonyl (C=O) groups is 1. The van der Waals surface area contributed by atoms with Gasteiger partial charge in [-0.3, -0.25) is 9.52 Å². The number of rotatable bonds is 5. The Morgan fingerprint density at radius 1 is 1.11 bits per heavy atom. The molecule has 1 aliphatic heterocycles. The minimum Gasteiger partial charge on any atom is -0.312 e. The lowest BCUT2D eigenvalue weighted by Crippen LogP contribution is -2.33. The molecule has 1 fully saturated rings. The van der Waals surface area contributed by atoms with Gasteiger partial charge in [-0.15, -0.1) is 0 Å². The molecule has 1 heterocycles. The number of sulfonamides is 1. The van der Waals surface area contributed by atoms with Crippen LogP contribution in [-0.2, 0) is 27.0 Å². The zero-order valence-corrected chi connectivity index (χ0v) is 17.0. The van der Waals surface area contributed by atoms with Crippen molar-refractivity contribution in [2.75, 3.05) is 16.2 Å². The number of fused-ring (bicyclic) bond motifs is 1. The third kappa shape index (κ3) is 4.07. The van der Waals surface area contributed by atoms with Gasteiger partial charge in [0.1, 0.15) is 0 Å². The van der Waals surface area contributed by atoms with Crippen molar-refractivity contribution in [1.29, 1.82) is 0 Å². The summed E-state index contributed by atoms with van der Waals surface area (Å²) in [5, 5.41) is 0. The van der Waals surface area contributed by atoms with Gasteiger partial charge in [0.2, 0.25) is 15.9 Å². The molecule has 0 unspecified atom stereocenters. The van der Waals surface area contributed by atoms with Crippen LogP contribution >= 0.6 is 0 Å². The summed E-state index contributed by atoms with van der Waals surface area (Å²) in [7, 11) is -3.52. The number of hydrogen-bond donors (Lipinski definition) is 1. The number of amides is 1. The molecule has 6 heteroatoms. The van der Waals surface area contributed by atoms with Crippen molar-refractivity contribution in [3.05, 3.63) is 59.2 Å². The highest BCUT2D eigenvalue weighted by Crippen LogP contribution is 2.35. The number of aryl methyl sites for hydroxylation is 1. The van der Waals surface area contributed by atoms with E-state index >= 15 is 0 Å². The first-order valence-corrected chi connectivity index (χ1v) is 11.6. The smallest absolute Gasteiger partial charge is 0.236 e. The normalized spacial score (nSPS) is 17.0. The third-order valence-corrected chi connectivity index (χ3v) is 6.96. The Kier molecular flexibility index (Phi) is 5.15. The Balaban J connectivity index is 1.51. The summed E-state index contributed by atoms with van der Waals surface area (Å²) in [4.78, 5) is 14.7. The maximum Gasteiger partial charge on any atom is 0.236 e. The number of nitrogens with zero attached hydrogens (tertiary/aromatic N) is 1. The molecule has 5 nitrogen and oxygen atoms in total. The quantitative estimate of drug-likeness (QED) is 0.827. The Labute approximate surface area is 166 Å². The summed E-state index contributed by atoms with van der Waals surface area (Å²) in [6.07, 6.45) is 5.00. The zero-order valence-electron chi connectivity index (χ0n) is 16.1. The van der Waals surface area contributed by atoms with Crippen molar-refractivity contribution < 1.29 is 13.2 Å². The Morgan fingerprint density at radius 2 is 1.82 bits per heavy atom. The van der Waals surface area contributed by atoms with Gasteiger partial charge in [-0.1, -0.05) is 48.7 Å². The molecule has 2 aromatic rings. The molecule has 0 bridgehead atoms. The number of benzene rings is 2. The summed E-state index contributed by atoms with van der Waals surface area (Å²) >= 11 is 0. The van der Waals surface area contributed by atoms with Crippen molar-refractivity contribution in [3.8, 4) is 0 Å². The Morgan fingerprint density at radius 3 is 2.54 bits per heavy atom. The molecule has 0 spiro atoms. The Hall–Kier alpha value is -2.34. The van der Waals surface area contributed by atoms with Crippen LogP contribution < -0.4 is 9.62 Å². The van der Waals surface area contributed by atoms with Gasteiger partial charge in [0.15, 0.2) is 0 Å². The molecule has 0 saturated heterocycles. The first kappa shape index (κ1) is 19.0. The lowest BCUT2D eigenvalue weighted by Gasteiger charge is -2.22. The molecule has 1 aliphatic carbocycles. The maximum atomic E-state index is 12.9. The first-order chi connectivity index (χ1) is 13.4. The van der Waals surface area contributed by atoms with Crippen LogP contribution in [0, 0.1) is 12.8 Å². The highest BCUT2D eigenvalue weighted by molar-refractivity contribution is 7.91. The van der Waals surface area contributed by atoms with Gasteiger partial charge in [-0.25, -0.2) is 8.42 Å². The van der Waals surface area contributed by atoms with Crippen LogP contribution in [0.5, 0.6) is 0 Å². The van der Waals surface area contributed by atoms with Crippen molar-refractivity contribution in [2.24, 2.45) is 5.92 Å². The number of carbonyl (C=O) groups excluding carboxylic acids is 1. The van der Waals surface area contributed by atoms with Crippen molar-refractivity contribution in [2.45, 2.75) is 44.8 Å². The fourth-order valence-corrected chi connectivity index (χ4v) is 5.37.